The molecule has 0 radical (unpaired) electrons. The first-order chi connectivity index (χ1) is 17.9. The first kappa shape index (κ1) is 22.1. The molecule has 0 heterocycles. The Morgan fingerprint density at radius 3 is 1.28 bits per heavy atom. The Balaban J connectivity index is 1.73. The SMILES string of the molecule is O=COC(C1c2ccccc2-c2ccccc21)C(c1ccccc1)(c1ccccc1)c1ccccc1. The van der Waals surface area contributed by atoms with E-state index in [2.05, 4.69) is 121 Å². The van der Waals surface area contributed by atoms with Gasteiger partial charge in [-0.15, -0.1) is 0 Å². The maximum absolute atomic E-state index is 12.3. The van der Waals surface area contributed by atoms with Crippen molar-refractivity contribution in [1.82, 2.24) is 0 Å². The molecule has 174 valence electrons. The van der Waals surface area contributed by atoms with E-state index in [1.807, 2.05) is 18.2 Å². The number of carbonyl (C=O) groups excluding carboxylic acids is 1. The second-order valence-corrected chi connectivity index (χ2v) is 9.21. The molecule has 0 spiro atoms. The highest BCUT2D eigenvalue weighted by atomic mass is 16.5. The van der Waals surface area contributed by atoms with Gasteiger partial charge in [0.05, 0.1) is 5.41 Å². The number of fused-ring (bicyclic) bond motifs is 3. The molecule has 0 fully saturated rings. The van der Waals surface area contributed by atoms with E-state index in [9.17, 15) is 4.79 Å². The van der Waals surface area contributed by atoms with Crippen LogP contribution in [0.2, 0.25) is 0 Å². The third-order valence-corrected chi connectivity index (χ3v) is 7.50. The molecule has 5 aromatic rings. The average Bonchev–Trinajstić information content (AvgIpc) is 3.29. The summed E-state index contributed by atoms with van der Waals surface area (Å²) in [6, 6.07) is 48.3. The van der Waals surface area contributed by atoms with Crippen molar-refractivity contribution in [2.75, 3.05) is 0 Å². The van der Waals surface area contributed by atoms with Gasteiger partial charge < -0.3 is 4.74 Å². The Kier molecular flexibility index (Phi) is 5.71. The number of hydrogen-bond acceptors (Lipinski definition) is 2. The van der Waals surface area contributed by atoms with Crippen LogP contribution >= 0.6 is 0 Å². The van der Waals surface area contributed by atoms with Crippen LogP contribution in [0.1, 0.15) is 33.7 Å². The van der Waals surface area contributed by atoms with Gasteiger partial charge in [0.1, 0.15) is 6.10 Å². The number of carbonyl (C=O) groups is 1. The summed E-state index contributed by atoms with van der Waals surface area (Å²) >= 11 is 0. The van der Waals surface area contributed by atoms with Gasteiger partial charge in [-0.1, -0.05) is 140 Å². The minimum absolute atomic E-state index is 0.150. The highest BCUT2D eigenvalue weighted by molar-refractivity contribution is 5.80. The molecule has 0 N–H and O–H groups in total. The molecule has 1 unspecified atom stereocenters. The van der Waals surface area contributed by atoms with Crippen LogP contribution in [0, 0.1) is 0 Å². The predicted molar refractivity (Wildman–Crippen MR) is 144 cm³/mol. The molecule has 0 saturated heterocycles. The maximum atomic E-state index is 12.3. The van der Waals surface area contributed by atoms with Crippen LogP contribution in [0.15, 0.2) is 140 Å². The van der Waals surface area contributed by atoms with E-state index >= 15 is 0 Å². The van der Waals surface area contributed by atoms with E-state index in [0.717, 1.165) is 16.7 Å². The van der Waals surface area contributed by atoms with Gasteiger partial charge in [0.2, 0.25) is 0 Å². The smallest absolute Gasteiger partial charge is 0.293 e. The largest absolute Gasteiger partial charge is 0.462 e. The molecule has 2 heteroatoms. The quantitative estimate of drug-likeness (QED) is 0.185. The normalized spacial score (nSPS) is 13.4. The van der Waals surface area contributed by atoms with Crippen molar-refractivity contribution in [3.05, 3.63) is 167 Å². The zero-order chi connectivity index (χ0) is 24.4. The Morgan fingerprint density at radius 1 is 0.528 bits per heavy atom. The van der Waals surface area contributed by atoms with Crippen LogP contribution < -0.4 is 0 Å². The fourth-order valence-electron chi connectivity index (χ4n) is 6.11. The molecule has 0 aliphatic heterocycles. The second kappa shape index (κ2) is 9.31. The number of hydrogen-bond donors (Lipinski definition) is 0. The van der Waals surface area contributed by atoms with Gasteiger partial charge >= 0.3 is 0 Å². The third kappa shape index (κ3) is 3.37. The van der Waals surface area contributed by atoms with Crippen LogP contribution in [0.5, 0.6) is 0 Å². The van der Waals surface area contributed by atoms with E-state index in [-0.39, 0.29) is 5.92 Å². The zero-order valence-electron chi connectivity index (χ0n) is 19.8. The van der Waals surface area contributed by atoms with E-state index in [1.165, 1.54) is 22.3 Å². The molecule has 0 bridgehead atoms. The van der Waals surface area contributed by atoms with Crippen LogP contribution in [-0.2, 0) is 14.9 Å². The minimum atomic E-state index is -0.750. The summed E-state index contributed by atoms with van der Waals surface area (Å²) in [7, 11) is 0. The Bertz CT molecular complexity index is 1330. The van der Waals surface area contributed by atoms with Crippen LogP contribution in [0.4, 0.5) is 0 Å². The number of ether oxygens (including phenoxy) is 1. The van der Waals surface area contributed by atoms with Crippen molar-refractivity contribution >= 4 is 6.47 Å². The summed E-state index contributed by atoms with van der Waals surface area (Å²) in [5, 5.41) is 0. The summed E-state index contributed by atoms with van der Waals surface area (Å²) in [4.78, 5) is 12.3. The molecule has 0 amide bonds. The lowest BCUT2D eigenvalue weighted by molar-refractivity contribution is -0.136. The van der Waals surface area contributed by atoms with Gasteiger partial charge in [-0.3, -0.25) is 4.79 Å². The molecule has 1 aliphatic rings. The van der Waals surface area contributed by atoms with E-state index in [0.29, 0.717) is 6.47 Å². The first-order valence-electron chi connectivity index (χ1n) is 12.3. The van der Waals surface area contributed by atoms with Crippen molar-refractivity contribution in [3.8, 4) is 11.1 Å². The standard InChI is InChI=1S/C34H26O2/c35-24-36-33(32-30-22-12-10-20-28(30)29-21-11-13-23-31(29)32)34(25-14-4-1-5-15-25,26-16-6-2-7-17-26)27-18-8-3-9-19-27/h1-24,32-33H. The number of benzene rings is 5. The van der Waals surface area contributed by atoms with E-state index in [4.69, 9.17) is 4.74 Å². The summed E-state index contributed by atoms with van der Waals surface area (Å²) in [5.74, 6) is -0.150. The fourth-order valence-corrected chi connectivity index (χ4v) is 6.11. The lowest BCUT2D eigenvalue weighted by Crippen LogP contribution is -2.47. The second-order valence-electron chi connectivity index (χ2n) is 9.21. The molecule has 6 rings (SSSR count). The average molecular weight is 467 g/mol. The molecule has 5 aromatic carbocycles. The number of rotatable bonds is 7. The molecule has 1 aliphatic carbocycles. The van der Waals surface area contributed by atoms with Crippen molar-refractivity contribution in [3.63, 3.8) is 0 Å². The zero-order valence-corrected chi connectivity index (χ0v) is 19.8. The van der Waals surface area contributed by atoms with Crippen molar-refractivity contribution < 1.29 is 9.53 Å². The van der Waals surface area contributed by atoms with Crippen LogP contribution in [0.25, 0.3) is 11.1 Å². The van der Waals surface area contributed by atoms with Crippen LogP contribution in [-0.4, -0.2) is 12.6 Å². The molecule has 2 nitrogen and oxygen atoms in total. The lowest BCUT2D eigenvalue weighted by atomic mass is 9.61. The maximum Gasteiger partial charge on any atom is 0.293 e. The Labute approximate surface area is 211 Å². The minimum Gasteiger partial charge on any atom is -0.462 e. The predicted octanol–water partition coefficient (Wildman–Crippen LogP) is 7.38. The van der Waals surface area contributed by atoms with Gasteiger partial charge in [0.15, 0.2) is 0 Å². The third-order valence-electron chi connectivity index (χ3n) is 7.50. The van der Waals surface area contributed by atoms with Gasteiger partial charge in [-0.25, -0.2) is 0 Å². The van der Waals surface area contributed by atoms with Gasteiger partial charge in [-0.2, -0.15) is 0 Å². The Hall–Kier alpha value is -4.43. The van der Waals surface area contributed by atoms with Gasteiger partial charge in [0.25, 0.3) is 6.47 Å². The van der Waals surface area contributed by atoms with E-state index in [1.54, 1.807) is 0 Å². The lowest BCUT2D eigenvalue weighted by Gasteiger charge is -2.44. The van der Waals surface area contributed by atoms with Gasteiger partial charge in [0, 0.05) is 5.92 Å². The summed E-state index contributed by atoms with van der Waals surface area (Å²) in [6.45, 7) is 0.623. The molecule has 36 heavy (non-hydrogen) atoms. The highest BCUT2D eigenvalue weighted by Gasteiger charge is 2.51. The molecular formula is C34H26O2. The van der Waals surface area contributed by atoms with Gasteiger partial charge in [-0.05, 0) is 38.9 Å². The summed E-state index contributed by atoms with van der Waals surface area (Å²) in [5.41, 5.74) is 7.24. The van der Waals surface area contributed by atoms with E-state index < -0.39 is 11.5 Å². The van der Waals surface area contributed by atoms with Crippen molar-refractivity contribution in [2.24, 2.45) is 0 Å². The molecule has 0 saturated carbocycles. The monoisotopic (exact) mass is 466 g/mol. The first-order valence-corrected chi connectivity index (χ1v) is 12.3. The fraction of sp³-hybridized carbons (Fsp3) is 0.0882. The molecule has 0 aromatic heterocycles. The summed E-state index contributed by atoms with van der Waals surface area (Å²) < 4.78 is 6.29. The summed E-state index contributed by atoms with van der Waals surface area (Å²) in [6.07, 6.45) is -0.535. The molecule has 1 atom stereocenters. The topological polar surface area (TPSA) is 26.3 Å². The van der Waals surface area contributed by atoms with Crippen molar-refractivity contribution in [2.45, 2.75) is 17.4 Å². The highest BCUT2D eigenvalue weighted by Crippen LogP contribution is 2.54. The van der Waals surface area contributed by atoms with Crippen LogP contribution in [0.3, 0.4) is 0 Å². The molecular weight excluding hydrogens is 440 g/mol. The van der Waals surface area contributed by atoms with Crippen molar-refractivity contribution in [1.29, 1.82) is 0 Å². The Morgan fingerprint density at radius 2 is 0.889 bits per heavy atom.